The average Bonchev–Trinajstić information content (AvgIpc) is 2.98. The summed E-state index contributed by atoms with van der Waals surface area (Å²) < 4.78 is 5.64. The third-order valence-electron chi connectivity index (χ3n) is 3.84. The van der Waals surface area contributed by atoms with E-state index in [4.69, 9.17) is 22.1 Å². The molecular weight excluding hydrogens is 357 g/mol. The van der Waals surface area contributed by atoms with Crippen molar-refractivity contribution in [2.75, 3.05) is 18.5 Å². The molecule has 128 valence electrons. The Bertz CT molecular complexity index is 646. The van der Waals surface area contributed by atoms with Crippen LogP contribution in [0.1, 0.15) is 31.4 Å². The topological polar surface area (TPSA) is 60.2 Å². The summed E-state index contributed by atoms with van der Waals surface area (Å²) in [5.74, 6) is 0.807. The summed E-state index contributed by atoms with van der Waals surface area (Å²) in [4.78, 5) is 4.68. The van der Waals surface area contributed by atoms with Crippen LogP contribution in [0, 0.1) is 0 Å². The molecule has 0 spiro atoms. The monoisotopic (exact) mass is 377 g/mol. The minimum atomic E-state index is -0.0899. The second kappa shape index (κ2) is 8.90. The summed E-state index contributed by atoms with van der Waals surface area (Å²) >= 11 is 6.24. The molecule has 3 N–H and O–H groups in total. The van der Waals surface area contributed by atoms with Crippen LogP contribution < -0.4 is 11.1 Å². The zero-order valence-corrected chi connectivity index (χ0v) is 15.3. The molecule has 0 radical (unpaired) electrons. The smallest absolute Gasteiger partial charge is 0.131 e. The van der Waals surface area contributed by atoms with Gasteiger partial charge in [-0.1, -0.05) is 23.7 Å². The first-order chi connectivity index (χ1) is 10.1. The highest BCUT2D eigenvalue weighted by atomic mass is 35.5. The Labute approximate surface area is 153 Å². The van der Waals surface area contributed by atoms with Crippen molar-refractivity contribution in [1.82, 2.24) is 4.98 Å². The van der Waals surface area contributed by atoms with E-state index in [0.29, 0.717) is 5.02 Å². The fourth-order valence-electron chi connectivity index (χ4n) is 2.68. The first-order valence-corrected chi connectivity index (χ1v) is 7.73. The van der Waals surface area contributed by atoms with Gasteiger partial charge in [0, 0.05) is 30.1 Å². The molecule has 23 heavy (non-hydrogen) atoms. The van der Waals surface area contributed by atoms with Gasteiger partial charge in [-0.15, -0.1) is 24.8 Å². The third-order valence-corrected chi connectivity index (χ3v) is 4.14. The molecule has 4 nitrogen and oxygen atoms in total. The van der Waals surface area contributed by atoms with Crippen LogP contribution in [0.15, 0.2) is 24.3 Å². The zero-order chi connectivity index (χ0) is 14.8. The van der Waals surface area contributed by atoms with Crippen molar-refractivity contribution in [1.29, 1.82) is 0 Å². The van der Waals surface area contributed by atoms with Gasteiger partial charge in [0.2, 0.25) is 0 Å². The minimum Gasteiger partial charge on any atom is -0.376 e. The fraction of sp³-hybridized carbons (Fsp3) is 0.438. The van der Waals surface area contributed by atoms with E-state index in [1.54, 1.807) is 0 Å². The van der Waals surface area contributed by atoms with Gasteiger partial charge < -0.3 is 15.8 Å². The molecule has 0 amide bonds. The lowest BCUT2D eigenvalue weighted by molar-refractivity contribution is 0.120. The van der Waals surface area contributed by atoms with Crippen LogP contribution in [-0.2, 0) is 4.74 Å². The number of nitrogens with zero attached hydrogens (tertiary/aromatic N) is 1. The van der Waals surface area contributed by atoms with Crippen LogP contribution in [0.4, 0.5) is 5.82 Å². The second-order valence-corrected chi connectivity index (χ2v) is 5.95. The molecule has 1 aliphatic rings. The molecule has 0 aliphatic carbocycles. The Morgan fingerprint density at radius 2 is 2.22 bits per heavy atom. The van der Waals surface area contributed by atoms with Crippen molar-refractivity contribution >= 4 is 53.1 Å². The predicted molar refractivity (Wildman–Crippen MR) is 101 cm³/mol. The van der Waals surface area contributed by atoms with E-state index in [2.05, 4.69) is 16.4 Å². The number of hydrogen-bond acceptors (Lipinski definition) is 4. The number of anilines is 1. The van der Waals surface area contributed by atoms with Gasteiger partial charge in [0.05, 0.1) is 16.6 Å². The molecule has 1 saturated heterocycles. The van der Waals surface area contributed by atoms with Crippen LogP contribution in [0.5, 0.6) is 0 Å². The molecule has 1 aromatic heterocycles. The number of nitrogens with two attached hydrogens (primary N) is 1. The summed E-state index contributed by atoms with van der Waals surface area (Å²) in [6, 6.07) is 7.76. The SMILES string of the molecule is C[C@H](N)c1cc2cccc(Cl)c2nc1NC[C@H]1CCCO1.Cl.Cl. The highest BCUT2D eigenvalue weighted by Gasteiger charge is 2.17. The Kier molecular flexibility index (Phi) is 7.84. The van der Waals surface area contributed by atoms with E-state index < -0.39 is 0 Å². The molecule has 2 aromatic rings. The summed E-state index contributed by atoms with van der Waals surface area (Å²) in [5, 5.41) is 5.05. The highest BCUT2D eigenvalue weighted by molar-refractivity contribution is 6.35. The number of benzene rings is 1. The highest BCUT2D eigenvalue weighted by Crippen LogP contribution is 2.29. The van der Waals surface area contributed by atoms with Crippen molar-refractivity contribution in [3.63, 3.8) is 0 Å². The van der Waals surface area contributed by atoms with Gasteiger partial charge in [0.1, 0.15) is 5.82 Å². The van der Waals surface area contributed by atoms with Crippen molar-refractivity contribution in [3.05, 3.63) is 34.9 Å². The number of nitrogens with one attached hydrogen (secondary N) is 1. The number of hydrogen-bond donors (Lipinski definition) is 2. The van der Waals surface area contributed by atoms with Gasteiger partial charge in [-0.2, -0.15) is 0 Å². The largest absolute Gasteiger partial charge is 0.376 e. The fourth-order valence-corrected chi connectivity index (χ4v) is 2.91. The molecule has 7 heteroatoms. The van der Waals surface area contributed by atoms with Crippen molar-refractivity contribution in [3.8, 4) is 0 Å². The number of aromatic nitrogens is 1. The predicted octanol–water partition coefficient (Wildman–Crippen LogP) is 4.34. The molecule has 0 unspecified atom stereocenters. The molecule has 1 aromatic carbocycles. The molecule has 2 atom stereocenters. The Morgan fingerprint density at radius 3 is 2.87 bits per heavy atom. The lowest BCUT2D eigenvalue weighted by Crippen LogP contribution is -2.21. The maximum atomic E-state index is 6.24. The lowest BCUT2D eigenvalue weighted by atomic mass is 10.1. The molecule has 0 bridgehead atoms. The van der Waals surface area contributed by atoms with Crippen LogP contribution in [0.3, 0.4) is 0 Å². The molecular formula is C16H22Cl3N3O. The van der Waals surface area contributed by atoms with Crippen LogP contribution in [0.2, 0.25) is 5.02 Å². The summed E-state index contributed by atoms with van der Waals surface area (Å²) in [7, 11) is 0. The number of fused-ring (bicyclic) bond motifs is 1. The van der Waals surface area contributed by atoms with Crippen molar-refractivity contribution < 1.29 is 4.74 Å². The molecule has 1 aliphatic heterocycles. The Hall–Kier alpha value is -0.780. The molecule has 0 saturated carbocycles. The summed E-state index contributed by atoms with van der Waals surface area (Å²) in [6.45, 7) is 3.57. The summed E-state index contributed by atoms with van der Waals surface area (Å²) in [5.41, 5.74) is 7.89. The van der Waals surface area contributed by atoms with E-state index in [1.165, 1.54) is 0 Å². The van der Waals surface area contributed by atoms with E-state index in [1.807, 2.05) is 25.1 Å². The lowest BCUT2D eigenvalue weighted by Gasteiger charge is -2.17. The number of para-hydroxylation sites is 1. The second-order valence-electron chi connectivity index (χ2n) is 5.54. The standard InChI is InChI=1S/C16H20ClN3O.2ClH/c1-10(18)13-8-11-4-2-6-14(17)15(11)20-16(13)19-9-12-5-3-7-21-12;;/h2,4,6,8,10,12H,3,5,7,9,18H2,1H3,(H,19,20);2*1H/t10-,12+;;/m0../s1. The minimum absolute atomic E-state index is 0. The maximum absolute atomic E-state index is 6.24. The summed E-state index contributed by atoms with van der Waals surface area (Å²) in [6.07, 6.45) is 2.48. The molecule has 1 fully saturated rings. The van der Waals surface area contributed by atoms with Gasteiger partial charge >= 0.3 is 0 Å². The van der Waals surface area contributed by atoms with Crippen molar-refractivity contribution in [2.45, 2.75) is 31.9 Å². The maximum Gasteiger partial charge on any atom is 0.131 e. The number of pyridine rings is 1. The average molecular weight is 379 g/mol. The Morgan fingerprint density at radius 1 is 1.43 bits per heavy atom. The van der Waals surface area contributed by atoms with E-state index in [-0.39, 0.29) is 37.0 Å². The van der Waals surface area contributed by atoms with E-state index >= 15 is 0 Å². The molecule has 3 rings (SSSR count). The van der Waals surface area contributed by atoms with Gasteiger partial charge in [-0.05, 0) is 31.9 Å². The third kappa shape index (κ3) is 4.61. The number of rotatable bonds is 4. The van der Waals surface area contributed by atoms with Gasteiger partial charge in [-0.3, -0.25) is 0 Å². The zero-order valence-electron chi connectivity index (χ0n) is 12.9. The van der Waals surface area contributed by atoms with Crippen molar-refractivity contribution in [2.24, 2.45) is 5.73 Å². The van der Waals surface area contributed by atoms with E-state index in [9.17, 15) is 0 Å². The first kappa shape index (κ1) is 20.3. The first-order valence-electron chi connectivity index (χ1n) is 7.35. The van der Waals surface area contributed by atoms with Crippen LogP contribution in [0.25, 0.3) is 10.9 Å². The Balaban J connectivity index is 0.00000132. The number of ether oxygens (including phenoxy) is 1. The van der Waals surface area contributed by atoms with Crippen LogP contribution >= 0.6 is 36.4 Å². The van der Waals surface area contributed by atoms with Gasteiger partial charge in [-0.25, -0.2) is 4.98 Å². The molecule has 2 heterocycles. The van der Waals surface area contributed by atoms with E-state index in [0.717, 1.165) is 48.3 Å². The quantitative estimate of drug-likeness (QED) is 0.830. The van der Waals surface area contributed by atoms with Crippen LogP contribution in [-0.4, -0.2) is 24.2 Å². The normalized spacial score (nSPS) is 18.1. The van der Waals surface area contributed by atoms with Gasteiger partial charge in [0.15, 0.2) is 0 Å². The number of halogens is 3. The van der Waals surface area contributed by atoms with Gasteiger partial charge in [0.25, 0.3) is 0 Å².